The average Bonchev–Trinajstić information content (AvgIpc) is 3.41. The molecule has 4 heteroatoms. The summed E-state index contributed by atoms with van der Waals surface area (Å²) in [5, 5.41) is 0. The lowest BCUT2D eigenvalue weighted by molar-refractivity contribution is -0.282. The molecule has 0 N–H and O–H groups in total. The van der Waals surface area contributed by atoms with Crippen LogP contribution in [0.5, 0.6) is 0 Å². The van der Waals surface area contributed by atoms with Crippen molar-refractivity contribution in [1.29, 1.82) is 0 Å². The van der Waals surface area contributed by atoms with Gasteiger partial charge >= 0.3 is 0 Å². The molecule has 0 aromatic heterocycles. The molecule has 7 fully saturated rings. The van der Waals surface area contributed by atoms with Gasteiger partial charge in [-0.2, -0.15) is 0 Å². The minimum Gasteiger partial charge on any atom is -0.349 e. The van der Waals surface area contributed by atoms with Gasteiger partial charge in [0.15, 0.2) is 5.79 Å². The smallest absolute Gasteiger partial charge is 0.166 e. The Labute approximate surface area is 206 Å². The molecule has 5 heterocycles. The van der Waals surface area contributed by atoms with Crippen LogP contribution in [0.1, 0.15) is 105 Å². The third-order valence-corrected chi connectivity index (χ3v) is 13.4. The van der Waals surface area contributed by atoms with Crippen LogP contribution >= 0.6 is 0 Å². The first-order chi connectivity index (χ1) is 16.1. The summed E-state index contributed by atoms with van der Waals surface area (Å²) in [6.07, 6.45) is 13.6. The molecule has 0 amide bonds. The van der Waals surface area contributed by atoms with Crippen LogP contribution in [0, 0.1) is 39.9 Å². The lowest BCUT2D eigenvalue weighted by atomic mass is 9.42. The zero-order valence-electron chi connectivity index (χ0n) is 22.3. The number of nitrogens with zero attached hydrogens (tertiary/aromatic N) is 1. The molecule has 2 saturated carbocycles. The van der Waals surface area contributed by atoms with Crippen LogP contribution in [-0.4, -0.2) is 47.3 Å². The number of carbonyl (C=O) groups is 1. The van der Waals surface area contributed by atoms with Gasteiger partial charge in [0, 0.05) is 31.0 Å². The van der Waals surface area contributed by atoms with E-state index in [1.165, 1.54) is 51.5 Å². The third-order valence-electron chi connectivity index (χ3n) is 13.4. The minimum atomic E-state index is -0.473. The summed E-state index contributed by atoms with van der Waals surface area (Å²) in [7, 11) is 0. The first kappa shape index (κ1) is 22.7. The summed E-state index contributed by atoms with van der Waals surface area (Å²) in [5.41, 5.74) is 0.704. The van der Waals surface area contributed by atoms with Crippen LogP contribution in [0.4, 0.5) is 0 Å². The van der Waals surface area contributed by atoms with E-state index < -0.39 is 11.2 Å². The highest BCUT2D eigenvalue weighted by molar-refractivity contribution is 5.85. The third kappa shape index (κ3) is 2.45. The fourth-order valence-corrected chi connectivity index (χ4v) is 11.6. The van der Waals surface area contributed by atoms with E-state index in [1.807, 2.05) is 0 Å². The lowest BCUT2D eigenvalue weighted by Gasteiger charge is -2.67. The predicted octanol–water partition coefficient (Wildman–Crippen LogP) is 5.97. The number of ketones is 1. The number of Topliss-reactive ketones (excluding diaryl/α,β-unsaturated/α-hetero) is 1. The fraction of sp³-hybridized carbons (Fsp3) is 0.967. The molecule has 4 nitrogen and oxygen atoms in total. The summed E-state index contributed by atoms with van der Waals surface area (Å²) in [6.45, 7) is 13.7. The summed E-state index contributed by atoms with van der Waals surface area (Å²) in [4.78, 5) is 17.2. The van der Waals surface area contributed by atoms with Crippen LogP contribution in [-0.2, 0) is 14.3 Å². The summed E-state index contributed by atoms with van der Waals surface area (Å²) in [6, 6.07) is 0.697. The molecule has 7 bridgehead atoms. The van der Waals surface area contributed by atoms with E-state index in [0.29, 0.717) is 34.8 Å². The molecule has 10 unspecified atom stereocenters. The second-order valence-electron chi connectivity index (χ2n) is 14.7. The molecular weight excluding hydrogens is 422 g/mol. The van der Waals surface area contributed by atoms with Crippen molar-refractivity contribution in [2.45, 2.75) is 129 Å². The van der Waals surface area contributed by atoms with Gasteiger partial charge in [-0.15, -0.1) is 0 Å². The van der Waals surface area contributed by atoms with E-state index in [2.05, 4.69) is 39.5 Å². The van der Waals surface area contributed by atoms with Gasteiger partial charge in [-0.25, -0.2) is 0 Å². The van der Waals surface area contributed by atoms with Crippen LogP contribution in [0.3, 0.4) is 0 Å². The number of ether oxygens (including phenoxy) is 2. The quantitative estimate of drug-likeness (QED) is 0.497. The number of fused-ring (bicyclic) bond motifs is 4. The highest BCUT2D eigenvalue weighted by Crippen LogP contribution is 2.79. The van der Waals surface area contributed by atoms with E-state index in [-0.39, 0.29) is 6.10 Å². The molecule has 7 rings (SSSR count). The zero-order chi connectivity index (χ0) is 23.7. The first-order valence-corrected chi connectivity index (χ1v) is 14.7. The van der Waals surface area contributed by atoms with Crippen molar-refractivity contribution < 1.29 is 14.3 Å². The van der Waals surface area contributed by atoms with Crippen molar-refractivity contribution in [2.24, 2.45) is 39.9 Å². The van der Waals surface area contributed by atoms with Crippen LogP contribution < -0.4 is 0 Å². The highest BCUT2D eigenvalue weighted by atomic mass is 16.7. The van der Waals surface area contributed by atoms with Gasteiger partial charge in [0.2, 0.25) is 0 Å². The number of hydrogen-bond donors (Lipinski definition) is 0. The Hall–Kier alpha value is -0.450. The highest BCUT2D eigenvalue weighted by Gasteiger charge is 2.79. The predicted molar refractivity (Wildman–Crippen MR) is 132 cm³/mol. The standard InChI is InChI=1S/C30H47NO3/c1-19(2)21-9-13-27(4)20-8-15-29-12-6-7-22(29)30(27,25(21)31(29)17-20)16-10-23(32)26(3)18-33-28(5)14-11-24(26)34-28/h19-22,24-25H,6-18H2,1-5H3/t20?,21?,22?,24?,25?,26?,27?,28?,29-,30?/m1/s1. The molecular formula is C30H47NO3. The topological polar surface area (TPSA) is 38.8 Å². The minimum absolute atomic E-state index is 0.0372. The molecule has 11 atom stereocenters. The van der Waals surface area contributed by atoms with Crippen LogP contribution in [0.15, 0.2) is 0 Å². The summed E-state index contributed by atoms with van der Waals surface area (Å²) < 4.78 is 12.4. The lowest BCUT2D eigenvalue weighted by Crippen LogP contribution is -2.68. The van der Waals surface area contributed by atoms with Crippen LogP contribution in [0.25, 0.3) is 0 Å². The number of carbonyl (C=O) groups excluding carboxylic acids is 1. The molecule has 2 aliphatic carbocycles. The second-order valence-corrected chi connectivity index (χ2v) is 14.7. The fourth-order valence-electron chi connectivity index (χ4n) is 11.6. The molecule has 34 heavy (non-hydrogen) atoms. The Balaban J connectivity index is 1.26. The summed E-state index contributed by atoms with van der Waals surface area (Å²) >= 11 is 0. The maximum absolute atomic E-state index is 14.1. The van der Waals surface area contributed by atoms with Crippen molar-refractivity contribution in [3.05, 3.63) is 0 Å². The van der Waals surface area contributed by atoms with Gasteiger partial charge in [-0.3, -0.25) is 9.69 Å². The first-order valence-electron chi connectivity index (χ1n) is 14.7. The zero-order valence-corrected chi connectivity index (χ0v) is 22.3. The summed E-state index contributed by atoms with van der Waals surface area (Å²) in [5.74, 6) is 3.11. The Bertz CT molecular complexity index is 903. The Kier molecular flexibility index (Phi) is 4.61. The molecule has 7 aliphatic rings. The maximum Gasteiger partial charge on any atom is 0.166 e. The number of hydrogen-bond acceptors (Lipinski definition) is 4. The SMILES string of the molecule is CC(C)C1CCC2(C)C3CC[C@]45CCCC4C2(CCC(=O)C2(C)COC4(C)CCC2O4)C1N5C3. The molecule has 1 spiro atoms. The Morgan fingerprint density at radius 1 is 1.03 bits per heavy atom. The van der Waals surface area contributed by atoms with Crippen molar-refractivity contribution >= 4 is 5.78 Å². The molecule has 0 radical (unpaired) electrons. The van der Waals surface area contributed by atoms with E-state index in [1.54, 1.807) is 0 Å². The molecule has 5 saturated heterocycles. The molecule has 0 aromatic rings. The maximum atomic E-state index is 14.1. The van der Waals surface area contributed by atoms with Gasteiger partial charge in [0.1, 0.15) is 5.78 Å². The van der Waals surface area contributed by atoms with Gasteiger partial charge in [0.25, 0.3) is 0 Å². The second kappa shape index (κ2) is 6.90. The normalized spacial score (nSPS) is 59.0. The van der Waals surface area contributed by atoms with Gasteiger partial charge in [-0.05, 0) is 99.7 Å². The Morgan fingerprint density at radius 2 is 1.85 bits per heavy atom. The van der Waals surface area contributed by atoms with Gasteiger partial charge in [-0.1, -0.05) is 27.2 Å². The Morgan fingerprint density at radius 3 is 2.65 bits per heavy atom. The monoisotopic (exact) mass is 469 g/mol. The molecule has 190 valence electrons. The van der Waals surface area contributed by atoms with E-state index in [0.717, 1.165) is 49.4 Å². The average molecular weight is 470 g/mol. The molecule has 0 aromatic carbocycles. The van der Waals surface area contributed by atoms with E-state index >= 15 is 0 Å². The number of piperidine rings is 2. The van der Waals surface area contributed by atoms with Gasteiger partial charge < -0.3 is 9.47 Å². The van der Waals surface area contributed by atoms with E-state index in [9.17, 15) is 4.79 Å². The van der Waals surface area contributed by atoms with Gasteiger partial charge in [0.05, 0.1) is 18.1 Å². The van der Waals surface area contributed by atoms with Crippen molar-refractivity contribution in [3.63, 3.8) is 0 Å². The van der Waals surface area contributed by atoms with Crippen molar-refractivity contribution in [3.8, 4) is 0 Å². The van der Waals surface area contributed by atoms with Crippen molar-refractivity contribution in [2.75, 3.05) is 13.2 Å². The van der Waals surface area contributed by atoms with Crippen LogP contribution in [0.2, 0.25) is 0 Å². The molecule has 5 aliphatic heterocycles. The largest absolute Gasteiger partial charge is 0.349 e. The van der Waals surface area contributed by atoms with Crippen molar-refractivity contribution in [1.82, 2.24) is 4.90 Å². The van der Waals surface area contributed by atoms with E-state index in [4.69, 9.17) is 9.47 Å². The number of rotatable bonds is 5.